The number of carboxylic acid groups (broad SMARTS) is 1. The van der Waals surface area contributed by atoms with Gasteiger partial charge >= 0.3 is 5.97 Å². The highest BCUT2D eigenvalue weighted by Crippen LogP contribution is 2.21. The van der Waals surface area contributed by atoms with Gasteiger partial charge < -0.3 is 10.4 Å². The molecule has 1 amide bonds. The maximum atomic E-state index is 12.4. The van der Waals surface area contributed by atoms with Gasteiger partial charge in [-0.2, -0.15) is 4.72 Å². The fourth-order valence-corrected chi connectivity index (χ4v) is 4.28. The molecule has 0 radical (unpaired) electrons. The second kappa shape index (κ2) is 9.58. The molecule has 156 valence electrons. The van der Waals surface area contributed by atoms with Crippen LogP contribution in [0.1, 0.15) is 29.8 Å². The van der Waals surface area contributed by atoms with Crippen molar-refractivity contribution >= 4 is 45.1 Å². The Bertz CT molecular complexity index is 1010. The summed E-state index contributed by atoms with van der Waals surface area (Å²) in [5, 5.41) is 12.5. The summed E-state index contributed by atoms with van der Waals surface area (Å²) in [6.07, 6.45) is 0. The average molecular weight is 459 g/mol. The van der Waals surface area contributed by atoms with Gasteiger partial charge in [-0.3, -0.25) is 9.59 Å². The zero-order valence-corrected chi connectivity index (χ0v) is 18.0. The summed E-state index contributed by atoms with van der Waals surface area (Å²) >= 11 is 11.8. The molecule has 0 bridgehead atoms. The number of hydrogen-bond donors (Lipinski definition) is 3. The van der Waals surface area contributed by atoms with Crippen LogP contribution in [0.3, 0.4) is 0 Å². The smallest absolute Gasteiger partial charge is 0.322 e. The topological polar surface area (TPSA) is 113 Å². The van der Waals surface area contributed by atoms with E-state index in [1.165, 1.54) is 36.4 Å². The van der Waals surface area contributed by atoms with Crippen LogP contribution in [0, 0.1) is 5.92 Å². The van der Waals surface area contributed by atoms with Crippen molar-refractivity contribution in [3.05, 3.63) is 63.6 Å². The van der Waals surface area contributed by atoms with Crippen LogP contribution < -0.4 is 10.0 Å². The van der Waals surface area contributed by atoms with Crippen LogP contribution in [0.5, 0.6) is 0 Å². The Balaban J connectivity index is 2.06. The van der Waals surface area contributed by atoms with Crippen molar-refractivity contribution < 1.29 is 23.1 Å². The van der Waals surface area contributed by atoms with Crippen LogP contribution >= 0.6 is 23.2 Å². The molecule has 0 aromatic heterocycles. The summed E-state index contributed by atoms with van der Waals surface area (Å²) in [5.74, 6) is -2.06. The van der Waals surface area contributed by atoms with Crippen LogP contribution in [0.15, 0.2) is 47.4 Å². The number of rotatable bonds is 8. The molecular formula is C19H20Cl2N2O5S. The van der Waals surface area contributed by atoms with Gasteiger partial charge in [0, 0.05) is 11.6 Å². The van der Waals surface area contributed by atoms with Gasteiger partial charge in [-0.25, -0.2) is 8.42 Å². The van der Waals surface area contributed by atoms with Crippen LogP contribution in [0.2, 0.25) is 10.0 Å². The third kappa shape index (κ3) is 6.17. The van der Waals surface area contributed by atoms with Gasteiger partial charge in [-0.05, 0) is 41.8 Å². The molecule has 0 spiro atoms. The van der Waals surface area contributed by atoms with E-state index < -0.39 is 33.9 Å². The lowest BCUT2D eigenvalue weighted by atomic mass is 10.1. The molecular weight excluding hydrogens is 439 g/mol. The van der Waals surface area contributed by atoms with Gasteiger partial charge in [-0.1, -0.05) is 49.2 Å². The fourth-order valence-electron chi connectivity index (χ4n) is 2.44. The average Bonchev–Trinajstić information content (AvgIpc) is 2.64. The molecule has 10 heteroatoms. The second-order valence-corrected chi connectivity index (χ2v) is 9.19. The summed E-state index contributed by atoms with van der Waals surface area (Å²) in [7, 11) is -4.00. The zero-order valence-electron chi connectivity index (χ0n) is 15.6. The Morgan fingerprint density at radius 2 is 1.69 bits per heavy atom. The Morgan fingerprint density at radius 3 is 2.21 bits per heavy atom. The van der Waals surface area contributed by atoms with E-state index in [1.54, 1.807) is 19.9 Å². The van der Waals surface area contributed by atoms with Crippen molar-refractivity contribution in [3.63, 3.8) is 0 Å². The Morgan fingerprint density at radius 1 is 1.07 bits per heavy atom. The molecule has 0 aliphatic heterocycles. The van der Waals surface area contributed by atoms with E-state index in [9.17, 15) is 18.0 Å². The maximum Gasteiger partial charge on any atom is 0.322 e. The molecule has 7 nitrogen and oxygen atoms in total. The SMILES string of the molecule is CC(C)[C@H](NS(=O)(=O)c1ccc(CNC(=O)c2ccc(Cl)cc2Cl)cc1)C(=O)O. The Labute approximate surface area is 179 Å². The van der Waals surface area contributed by atoms with Gasteiger partial charge in [0.25, 0.3) is 5.91 Å². The molecule has 0 aliphatic rings. The first-order chi connectivity index (χ1) is 13.5. The van der Waals surface area contributed by atoms with E-state index in [0.717, 1.165) is 0 Å². The van der Waals surface area contributed by atoms with E-state index in [1.807, 2.05) is 0 Å². The molecule has 0 unspecified atom stereocenters. The standard InChI is InChI=1S/C19H20Cl2N2O5S/c1-11(2)17(19(25)26)23-29(27,28)14-6-3-12(4-7-14)10-22-18(24)15-8-5-13(20)9-16(15)21/h3-9,11,17,23H,10H2,1-2H3,(H,22,24)(H,25,26)/t17-/m0/s1. The molecule has 0 saturated heterocycles. The van der Waals surface area contributed by atoms with Crippen LogP contribution in [0.4, 0.5) is 0 Å². The third-order valence-corrected chi connectivity index (χ3v) is 6.08. The van der Waals surface area contributed by atoms with Crippen molar-refractivity contribution in [2.75, 3.05) is 0 Å². The number of carbonyl (C=O) groups is 2. The summed E-state index contributed by atoms with van der Waals surface area (Å²) in [4.78, 5) is 23.4. The molecule has 0 fully saturated rings. The molecule has 2 aromatic rings. The first-order valence-electron chi connectivity index (χ1n) is 8.58. The number of aliphatic carboxylic acids is 1. The lowest BCUT2D eigenvalue weighted by Crippen LogP contribution is -2.44. The lowest BCUT2D eigenvalue weighted by Gasteiger charge is -2.18. The van der Waals surface area contributed by atoms with Gasteiger partial charge in [0.1, 0.15) is 6.04 Å². The fraction of sp³-hybridized carbons (Fsp3) is 0.263. The highest BCUT2D eigenvalue weighted by atomic mass is 35.5. The van der Waals surface area contributed by atoms with Crippen molar-refractivity contribution in [1.82, 2.24) is 10.0 Å². The number of carboxylic acids is 1. The quantitative estimate of drug-likeness (QED) is 0.561. The number of amides is 1. The third-order valence-electron chi connectivity index (χ3n) is 4.08. The van der Waals surface area contributed by atoms with Crippen molar-refractivity contribution in [1.29, 1.82) is 0 Å². The predicted octanol–water partition coefficient (Wildman–Crippen LogP) is 3.31. The Kier molecular flexibility index (Phi) is 7.65. The van der Waals surface area contributed by atoms with Crippen LogP contribution in [-0.2, 0) is 21.4 Å². The van der Waals surface area contributed by atoms with Crippen molar-refractivity contribution in [2.24, 2.45) is 5.92 Å². The molecule has 0 saturated carbocycles. The van der Waals surface area contributed by atoms with Crippen molar-refractivity contribution in [2.45, 2.75) is 31.3 Å². The maximum absolute atomic E-state index is 12.4. The first kappa shape index (κ1) is 23.2. The highest BCUT2D eigenvalue weighted by molar-refractivity contribution is 7.89. The molecule has 29 heavy (non-hydrogen) atoms. The van der Waals surface area contributed by atoms with Gasteiger partial charge in [0.15, 0.2) is 0 Å². The van der Waals surface area contributed by atoms with Crippen LogP contribution in [0.25, 0.3) is 0 Å². The number of benzene rings is 2. The summed E-state index contributed by atoms with van der Waals surface area (Å²) in [6, 6.07) is 9.05. The molecule has 0 heterocycles. The molecule has 3 N–H and O–H groups in total. The van der Waals surface area contributed by atoms with E-state index in [-0.39, 0.29) is 22.0 Å². The van der Waals surface area contributed by atoms with E-state index in [0.29, 0.717) is 10.6 Å². The monoisotopic (exact) mass is 458 g/mol. The molecule has 1 atom stereocenters. The number of halogens is 2. The normalized spacial score (nSPS) is 12.6. The largest absolute Gasteiger partial charge is 0.480 e. The van der Waals surface area contributed by atoms with Crippen molar-refractivity contribution in [3.8, 4) is 0 Å². The van der Waals surface area contributed by atoms with Gasteiger partial charge in [0.2, 0.25) is 10.0 Å². The summed E-state index contributed by atoms with van der Waals surface area (Å²) in [5.41, 5.74) is 0.925. The van der Waals surface area contributed by atoms with Gasteiger partial charge in [-0.15, -0.1) is 0 Å². The second-order valence-electron chi connectivity index (χ2n) is 6.63. The Hall–Kier alpha value is -2.13. The zero-order chi connectivity index (χ0) is 21.8. The minimum absolute atomic E-state index is 0.0692. The van der Waals surface area contributed by atoms with E-state index in [2.05, 4.69) is 10.0 Å². The number of nitrogens with one attached hydrogen (secondary N) is 2. The molecule has 0 aliphatic carbocycles. The number of hydrogen-bond acceptors (Lipinski definition) is 4. The van der Waals surface area contributed by atoms with E-state index >= 15 is 0 Å². The minimum atomic E-state index is -4.00. The predicted molar refractivity (Wildman–Crippen MR) is 111 cm³/mol. The van der Waals surface area contributed by atoms with Crippen LogP contribution in [-0.4, -0.2) is 31.4 Å². The lowest BCUT2D eigenvalue weighted by molar-refractivity contribution is -0.140. The van der Waals surface area contributed by atoms with E-state index in [4.69, 9.17) is 28.3 Å². The van der Waals surface area contributed by atoms with Gasteiger partial charge in [0.05, 0.1) is 15.5 Å². The highest BCUT2D eigenvalue weighted by Gasteiger charge is 2.27. The number of sulfonamides is 1. The molecule has 2 aromatic carbocycles. The summed E-state index contributed by atoms with van der Waals surface area (Å²) < 4.78 is 27.0. The summed E-state index contributed by atoms with van der Waals surface area (Å²) in [6.45, 7) is 3.37. The number of carbonyl (C=O) groups excluding carboxylic acids is 1. The first-order valence-corrected chi connectivity index (χ1v) is 10.8. The minimum Gasteiger partial charge on any atom is -0.480 e. The molecule has 2 rings (SSSR count).